The van der Waals surface area contributed by atoms with Crippen LogP contribution in [0.2, 0.25) is 0 Å². The Kier molecular flexibility index (Phi) is 6.06. The van der Waals surface area contributed by atoms with E-state index in [9.17, 15) is 4.79 Å². The molecule has 2 aromatic carbocycles. The van der Waals surface area contributed by atoms with Crippen molar-refractivity contribution in [3.05, 3.63) is 66.0 Å². The highest BCUT2D eigenvalue weighted by atomic mass is 16.5. The third-order valence-corrected chi connectivity index (χ3v) is 3.89. The number of para-hydroxylation sites is 3. The molecule has 7 heteroatoms. The zero-order chi connectivity index (χ0) is 19.9. The van der Waals surface area contributed by atoms with Crippen LogP contribution in [0.4, 0.5) is 5.69 Å². The van der Waals surface area contributed by atoms with Crippen LogP contribution in [0.1, 0.15) is 11.4 Å². The Morgan fingerprint density at radius 1 is 0.929 bits per heavy atom. The van der Waals surface area contributed by atoms with E-state index in [2.05, 4.69) is 15.3 Å². The van der Waals surface area contributed by atoms with Crippen LogP contribution in [0.25, 0.3) is 0 Å². The van der Waals surface area contributed by atoms with Gasteiger partial charge in [0.25, 0.3) is 5.91 Å². The molecule has 0 aliphatic heterocycles. The van der Waals surface area contributed by atoms with Crippen molar-refractivity contribution >= 4 is 11.6 Å². The first-order chi connectivity index (χ1) is 13.6. The number of carbonyl (C=O) groups excluding carboxylic acids is 1. The van der Waals surface area contributed by atoms with E-state index in [1.54, 1.807) is 33.1 Å². The fraction of sp³-hybridized carbons (Fsp3) is 0.190. The molecule has 1 aromatic heterocycles. The molecule has 0 spiro atoms. The molecule has 0 bridgehead atoms. The quantitative estimate of drug-likeness (QED) is 0.670. The lowest BCUT2D eigenvalue weighted by atomic mass is 10.3. The second-order valence-corrected chi connectivity index (χ2v) is 5.95. The second kappa shape index (κ2) is 8.85. The van der Waals surface area contributed by atoms with Gasteiger partial charge in [-0.3, -0.25) is 4.79 Å². The van der Waals surface area contributed by atoms with Crippen LogP contribution < -0.4 is 19.5 Å². The zero-order valence-corrected chi connectivity index (χ0v) is 15.9. The third-order valence-electron chi connectivity index (χ3n) is 3.89. The van der Waals surface area contributed by atoms with Crippen molar-refractivity contribution in [1.29, 1.82) is 0 Å². The lowest BCUT2D eigenvalue weighted by molar-refractivity contribution is -0.118. The van der Waals surface area contributed by atoms with Gasteiger partial charge in [0.15, 0.2) is 18.1 Å². The molecule has 0 aliphatic carbocycles. The number of anilines is 1. The largest absolute Gasteiger partial charge is 0.493 e. The topological polar surface area (TPSA) is 82.6 Å². The smallest absolute Gasteiger partial charge is 0.322 e. The van der Waals surface area contributed by atoms with Crippen molar-refractivity contribution in [2.75, 3.05) is 19.0 Å². The van der Waals surface area contributed by atoms with Crippen molar-refractivity contribution in [2.24, 2.45) is 0 Å². The monoisotopic (exact) mass is 379 g/mol. The Morgan fingerprint density at radius 2 is 1.54 bits per heavy atom. The summed E-state index contributed by atoms with van der Waals surface area (Å²) in [5.74, 6) is 1.38. The molecule has 1 N–H and O–H groups in total. The number of rotatable bonds is 7. The molecule has 0 saturated heterocycles. The van der Waals surface area contributed by atoms with Gasteiger partial charge in [-0.2, -0.15) is 9.97 Å². The molecule has 0 unspecified atom stereocenters. The SMILES string of the molecule is COc1ccccc1OCC(=O)Nc1c(C)nc(Oc2ccccc2)nc1C. The number of hydrogen-bond donors (Lipinski definition) is 1. The Bertz CT molecular complexity index is 938. The van der Waals surface area contributed by atoms with Gasteiger partial charge >= 0.3 is 6.01 Å². The number of aromatic nitrogens is 2. The summed E-state index contributed by atoms with van der Waals surface area (Å²) in [5, 5.41) is 2.79. The first kappa shape index (κ1) is 19.2. The fourth-order valence-electron chi connectivity index (χ4n) is 2.56. The number of carbonyl (C=O) groups is 1. The van der Waals surface area contributed by atoms with E-state index in [1.165, 1.54) is 0 Å². The predicted molar refractivity (Wildman–Crippen MR) is 105 cm³/mol. The number of methoxy groups -OCH3 is 1. The molecule has 7 nitrogen and oxygen atoms in total. The fourth-order valence-corrected chi connectivity index (χ4v) is 2.56. The van der Waals surface area contributed by atoms with Gasteiger partial charge in [0.05, 0.1) is 24.2 Å². The van der Waals surface area contributed by atoms with Crippen LogP contribution in [0.5, 0.6) is 23.3 Å². The summed E-state index contributed by atoms with van der Waals surface area (Å²) in [6.07, 6.45) is 0. The molecular weight excluding hydrogens is 358 g/mol. The highest BCUT2D eigenvalue weighted by Gasteiger charge is 2.14. The minimum atomic E-state index is -0.322. The third kappa shape index (κ3) is 4.76. The van der Waals surface area contributed by atoms with Crippen LogP contribution in [0.3, 0.4) is 0 Å². The summed E-state index contributed by atoms with van der Waals surface area (Å²) in [6, 6.07) is 16.6. The maximum absolute atomic E-state index is 12.3. The summed E-state index contributed by atoms with van der Waals surface area (Å²) in [4.78, 5) is 20.9. The van der Waals surface area contributed by atoms with Gasteiger partial charge in [-0.1, -0.05) is 30.3 Å². The maximum atomic E-state index is 12.3. The van der Waals surface area contributed by atoms with Gasteiger partial charge in [-0.05, 0) is 38.1 Å². The van der Waals surface area contributed by atoms with Gasteiger partial charge in [-0.25, -0.2) is 0 Å². The van der Waals surface area contributed by atoms with E-state index in [0.717, 1.165) is 0 Å². The molecule has 0 fully saturated rings. The number of nitrogens with zero attached hydrogens (tertiary/aromatic N) is 2. The summed E-state index contributed by atoms with van der Waals surface area (Å²) < 4.78 is 16.4. The molecule has 1 amide bonds. The standard InChI is InChI=1S/C21H21N3O4/c1-14-20(15(2)23-21(22-14)28-16-9-5-4-6-10-16)24-19(25)13-27-18-12-8-7-11-17(18)26-3/h4-12H,13H2,1-3H3,(H,24,25). The average molecular weight is 379 g/mol. The van der Waals surface area contributed by atoms with Gasteiger partial charge < -0.3 is 19.5 Å². The number of aryl methyl sites for hydroxylation is 2. The Labute approximate surface area is 163 Å². The highest BCUT2D eigenvalue weighted by Crippen LogP contribution is 2.26. The summed E-state index contributed by atoms with van der Waals surface area (Å²) in [6.45, 7) is 3.40. The molecule has 28 heavy (non-hydrogen) atoms. The Morgan fingerprint density at radius 3 is 2.18 bits per heavy atom. The van der Waals surface area contributed by atoms with Gasteiger partial charge in [-0.15, -0.1) is 0 Å². The molecule has 3 rings (SSSR count). The summed E-state index contributed by atoms with van der Waals surface area (Å²) >= 11 is 0. The van der Waals surface area contributed by atoms with Crippen LogP contribution in [-0.2, 0) is 4.79 Å². The van der Waals surface area contributed by atoms with Gasteiger partial charge in [0, 0.05) is 0 Å². The van der Waals surface area contributed by atoms with Crippen LogP contribution in [-0.4, -0.2) is 29.6 Å². The van der Waals surface area contributed by atoms with Crippen LogP contribution in [0.15, 0.2) is 54.6 Å². The lowest BCUT2D eigenvalue weighted by Crippen LogP contribution is -2.22. The number of hydrogen-bond acceptors (Lipinski definition) is 6. The molecule has 144 valence electrons. The number of amides is 1. The van der Waals surface area contributed by atoms with Crippen molar-refractivity contribution in [3.8, 4) is 23.3 Å². The highest BCUT2D eigenvalue weighted by molar-refractivity contribution is 5.93. The van der Waals surface area contributed by atoms with E-state index < -0.39 is 0 Å². The zero-order valence-electron chi connectivity index (χ0n) is 15.9. The normalized spacial score (nSPS) is 10.2. The van der Waals surface area contributed by atoms with E-state index in [1.807, 2.05) is 42.5 Å². The molecule has 0 aliphatic rings. The number of nitrogens with one attached hydrogen (secondary N) is 1. The van der Waals surface area contributed by atoms with E-state index in [4.69, 9.17) is 14.2 Å². The molecule has 0 atom stereocenters. The lowest BCUT2D eigenvalue weighted by Gasteiger charge is -2.13. The van der Waals surface area contributed by atoms with Crippen LogP contribution in [0, 0.1) is 13.8 Å². The summed E-state index contributed by atoms with van der Waals surface area (Å²) in [7, 11) is 1.55. The van der Waals surface area contributed by atoms with Crippen molar-refractivity contribution in [1.82, 2.24) is 9.97 Å². The molecule has 1 heterocycles. The average Bonchev–Trinajstić information content (AvgIpc) is 2.70. The molecule has 0 radical (unpaired) electrons. The first-order valence-corrected chi connectivity index (χ1v) is 8.70. The molecule has 0 saturated carbocycles. The Balaban J connectivity index is 1.65. The summed E-state index contributed by atoms with van der Waals surface area (Å²) in [5.41, 5.74) is 1.74. The number of ether oxygens (including phenoxy) is 3. The van der Waals surface area contributed by atoms with E-state index in [-0.39, 0.29) is 18.5 Å². The molecular formula is C21H21N3O4. The van der Waals surface area contributed by atoms with Crippen molar-refractivity contribution in [2.45, 2.75) is 13.8 Å². The minimum absolute atomic E-state index is 0.165. The van der Waals surface area contributed by atoms with E-state index >= 15 is 0 Å². The van der Waals surface area contributed by atoms with Crippen LogP contribution >= 0.6 is 0 Å². The predicted octanol–water partition coefficient (Wildman–Crippen LogP) is 3.91. The van der Waals surface area contributed by atoms with Crippen molar-refractivity contribution in [3.63, 3.8) is 0 Å². The first-order valence-electron chi connectivity index (χ1n) is 8.70. The minimum Gasteiger partial charge on any atom is -0.493 e. The Hall–Kier alpha value is -3.61. The van der Waals surface area contributed by atoms with Gasteiger partial charge in [0.2, 0.25) is 0 Å². The van der Waals surface area contributed by atoms with E-state index in [0.29, 0.717) is 34.3 Å². The van der Waals surface area contributed by atoms with Crippen molar-refractivity contribution < 1.29 is 19.0 Å². The molecule has 3 aromatic rings. The maximum Gasteiger partial charge on any atom is 0.322 e. The number of benzene rings is 2. The second-order valence-electron chi connectivity index (χ2n) is 5.95. The van der Waals surface area contributed by atoms with Gasteiger partial charge in [0.1, 0.15) is 5.75 Å².